The number of nitrogens with one attached hydrogen (secondary N) is 1. The molecule has 0 aliphatic rings. The van der Waals surface area contributed by atoms with Crippen molar-refractivity contribution < 1.29 is 9.59 Å². The number of amides is 3. The van der Waals surface area contributed by atoms with E-state index in [0.29, 0.717) is 40.8 Å². The smallest absolute Gasteiger partial charge is 0.318 e. The standard InChI is InChI=1S/C18H28N2.C7H13BrN2O2/c1-8-9-10-11-18(20)16(6)14(4)12(2)13(3)15(5)17(7)19;1-3-7(8,4-2)5(11)10-6(9)12/h18H,2-11,19-20H2,1H3;3-4H2,1-2H3,(H3,9,10,11,12). The van der Waals surface area contributed by atoms with Gasteiger partial charge in [0.1, 0.15) is 4.32 Å². The lowest BCUT2D eigenvalue weighted by atomic mass is 9.87. The van der Waals surface area contributed by atoms with Crippen molar-refractivity contribution in [3.8, 4) is 0 Å². The highest BCUT2D eigenvalue weighted by Gasteiger charge is 2.32. The van der Waals surface area contributed by atoms with Crippen molar-refractivity contribution in [1.29, 1.82) is 0 Å². The molecule has 1 atom stereocenters. The fourth-order valence-electron chi connectivity index (χ4n) is 2.56. The van der Waals surface area contributed by atoms with Crippen molar-refractivity contribution in [2.24, 2.45) is 17.2 Å². The number of nitrogens with two attached hydrogens (primary N) is 3. The molecule has 0 aliphatic carbocycles. The third-order valence-corrected chi connectivity index (χ3v) is 6.68. The largest absolute Gasteiger partial charge is 0.399 e. The Hall–Kier alpha value is -2.38. The molecular weight excluding hydrogens is 468 g/mol. The molecule has 0 aromatic carbocycles. The first-order valence-corrected chi connectivity index (χ1v) is 11.4. The second kappa shape index (κ2) is 15.4. The highest BCUT2D eigenvalue weighted by molar-refractivity contribution is 9.10. The molecule has 0 saturated carbocycles. The zero-order valence-electron chi connectivity index (χ0n) is 20.0. The molecule has 3 amide bonds. The van der Waals surface area contributed by atoms with E-state index < -0.39 is 10.4 Å². The Morgan fingerprint density at radius 3 is 1.72 bits per heavy atom. The maximum Gasteiger partial charge on any atom is 0.318 e. The lowest BCUT2D eigenvalue weighted by Crippen LogP contribution is -2.46. The SMILES string of the molecule is C=C(N)C(=C)C(=C)C(=C)C(=C)C(=C)C(N)CCCCC.CCC(Br)(CC)C(=O)NC(N)=O. The normalized spacial score (nSPS) is 11.3. The number of rotatable bonds is 13. The number of hydrogen-bond acceptors (Lipinski definition) is 4. The van der Waals surface area contributed by atoms with Crippen molar-refractivity contribution in [1.82, 2.24) is 5.32 Å². The van der Waals surface area contributed by atoms with Crippen LogP contribution in [0.5, 0.6) is 0 Å². The van der Waals surface area contributed by atoms with Gasteiger partial charge in [0.2, 0.25) is 5.91 Å². The lowest BCUT2D eigenvalue weighted by molar-refractivity contribution is -0.122. The van der Waals surface area contributed by atoms with Gasteiger partial charge in [-0.05, 0) is 47.1 Å². The topological polar surface area (TPSA) is 124 Å². The molecule has 0 heterocycles. The number of carbonyl (C=O) groups is 2. The predicted octanol–water partition coefficient (Wildman–Crippen LogP) is 5.28. The first-order valence-electron chi connectivity index (χ1n) is 10.7. The Morgan fingerprint density at radius 1 is 0.875 bits per heavy atom. The third kappa shape index (κ3) is 10.8. The van der Waals surface area contributed by atoms with Crippen molar-refractivity contribution >= 4 is 27.9 Å². The maximum atomic E-state index is 11.3. The van der Waals surface area contributed by atoms with Gasteiger partial charge in [-0.15, -0.1) is 0 Å². The molecule has 6 nitrogen and oxygen atoms in total. The number of alkyl halides is 1. The number of primary amides is 1. The molecule has 7 N–H and O–H groups in total. The van der Waals surface area contributed by atoms with E-state index in [4.69, 9.17) is 17.2 Å². The first kappa shape index (κ1) is 31.8. The number of urea groups is 1. The summed E-state index contributed by atoms with van der Waals surface area (Å²) in [6, 6.07) is -0.918. The van der Waals surface area contributed by atoms with E-state index in [1.165, 1.54) is 12.8 Å². The third-order valence-electron chi connectivity index (χ3n) is 5.20. The fraction of sp³-hybridized carbons (Fsp3) is 0.440. The van der Waals surface area contributed by atoms with Crippen LogP contribution in [0.2, 0.25) is 0 Å². The molecule has 0 rings (SSSR count). The van der Waals surface area contributed by atoms with Crippen LogP contribution in [0.1, 0.15) is 59.3 Å². The molecule has 1 unspecified atom stereocenters. The minimum Gasteiger partial charge on any atom is -0.399 e. The Morgan fingerprint density at radius 2 is 1.34 bits per heavy atom. The van der Waals surface area contributed by atoms with E-state index in [2.05, 4.69) is 62.3 Å². The Balaban J connectivity index is 0. The molecule has 0 bridgehead atoms. The summed E-state index contributed by atoms with van der Waals surface area (Å²) in [4.78, 5) is 21.6. The molecule has 0 aliphatic heterocycles. The second-order valence-electron chi connectivity index (χ2n) is 7.56. The van der Waals surface area contributed by atoms with Crippen molar-refractivity contribution in [2.45, 2.75) is 69.7 Å². The van der Waals surface area contributed by atoms with Crippen molar-refractivity contribution in [3.05, 3.63) is 73.0 Å². The fourth-order valence-corrected chi connectivity index (χ4v) is 2.66. The van der Waals surface area contributed by atoms with Crippen LogP contribution in [0.3, 0.4) is 0 Å². The van der Waals surface area contributed by atoms with E-state index in [0.717, 1.165) is 18.4 Å². The summed E-state index contributed by atoms with van der Waals surface area (Å²) in [5, 5.41) is 2.04. The lowest BCUT2D eigenvalue weighted by Gasteiger charge is -2.21. The van der Waals surface area contributed by atoms with Gasteiger partial charge in [-0.2, -0.15) is 0 Å². The van der Waals surface area contributed by atoms with E-state index in [1.54, 1.807) is 0 Å². The van der Waals surface area contributed by atoms with Crippen LogP contribution >= 0.6 is 15.9 Å². The number of imide groups is 1. The van der Waals surface area contributed by atoms with Gasteiger partial charge in [0.05, 0.1) is 0 Å². The summed E-state index contributed by atoms with van der Waals surface area (Å²) in [6.45, 7) is 29.3. The molecule has 0 fully saturated rings. The van der Waals surface area contributed by atoms with Crippen LogP contribution in [0.4, 0.5) is 4.79 Å². The van der Waals surface area contributed by atoms with Crippen molar-refractivity contribution in [3.63, 3.8) is 0 Å². The van der Waals surface area contributed by atoms with Crippen LogP contribution < -0.4 is 22.5 Å². The molecule has 0 saturated heterocycles. The van der Waals surface area contributed by atoms with Gasteiger partial charge in [-0.1, -0.05) is 95.4 Å². The zero-order chi connectivity index (χ0) is 25.6. The monoisotopic (exact) mass is 508 g/mol. The number of allylic oxidation sites excluding steroid dienone is 2. The van der Waals surface area contributed by atoms with Crippen LogP contribution in [0.15, 0.2) is 73.0 Å². The summed E-state index contributed by atoms with van der Waals surface area (Å²) in [7, 11) is 0. The molecule has 0 radical (unpaired) electrons. The number of hydrogen-bond donors (Lipinski definition) is 4. The second-order valence-corrected chi connectivity index (χ2v) is 9.08. The van der Waals surface area contributed by atoms with Crippen molar-refractivity contribution in [2.75, 3.05) is 0 Å². The van der Waals surface area contributed by atoms with Gasteiger partial charge < -0.3 is 17.2 Å². The summed E-state index contributed by atoms with van der Waals surface area (Å²) in [5.74, 6) is -0.375. The van der Waals surface area contributed by atoms with Crippen LogP contribution in [-0.4, -0.2) is 22.3 Å². The number of carbonyl (C=O) groups excluding carboxylic acids is 2. The van der Waals surface area contributed by atoms with Gasteiger partial charge in [-0.3, -0.25) is 10.1 Å². The Bertz CT molecular complexity index is 764. The molecule has 0 aromatic heterocycles. The molecular formula is C25H41BrN4O2. The van der Waals surface area contributed by atoms with E-state index in [-0.39, 0.29) is 11.9 Å². The summed E-state index contributed by atoms with van der Waals surface area (Å²) >= 11 is 3.26. The quantitative estimate of drug-likeness (QED) is 0.153. The van der Waals surface area contributed by atoms with Gasteiger partial charge in [0.15, 0.2) is 0 Å². The molecule has 0 spiro atoms. The first-order chi connectivity index (χ1) is 14.7. The van der Waals surface area contributed by atoms with E-state index in [1.807, 2.05) is 19.2 Å². The molecule has 32 heavy (non-hydrogen) atoms. The van der Waals surface area contributed by atoms with Crippen LogP contribution in [0.25, 0.3) is 0 Å². The minimum atomic E-state index is -0.814. The molecule has 7 heteroatoms. The highest BCUT2D eigenvalue weighted by atomic mass is 79.9. The van der Waals surface area contributed by atoms with Crippen LogP contribution in [0, 0.1) is 0 Å². The zero-order valence-corrected chi connectivity index (χ0v) is 21.6. The van der Waals surface area contributed by atoms with E-state index >= 15 is 0 Å². The van der Waals surface area contributed by atoms with E-state index in [9.17, 15) is 9.59 Å². The summed E-state index contributed by atoms with van der Waals surface area (Å²) in [6.07, 6.45) is 5.55. The molecule has 0 aromatic rings. The summed E-state index contributed by atoms with van der Waals surface area (Å²) in [5.41, 5.74) is 20.3. The van der Waals surface area contributed by atoms with Gasteiger partial charge in [0, 0.05) is 11.7 Å². The van der Waals surface area contributed by atoms with Crippen LogP contribution in [-0.2, 0) is 4.79 Å². The highest BCUT2D eigenvalue weighted by Crippen LogP contribution is 2.29. The Kier molecular flexibility index (Phi) is 15.3. The average molecular weight is 510 g/mol. The maximum absolute atomic E-state index is 11.3. The minimum absolute atomic E-state index is 0.104. The number of halogens is 1. The molecule has 180 valence electrons. The number of unbranched alkanes of at least 4 members (excludes halogenated alkanes) is 2. The van der Waals surface area contributed by atoms with Gasteiger partial charge in [-0.25, -0.2) is 4.79 Å². The predicted molar refractivity (Wildman–Crippen MR) is 141 cm³/mol. The van der Waals surface area contributed by atoms with Gasteiger partial charge >= 0.3 is 6.03 Å². The summed E-state index contributed by atoms with van der Waals surface area (Å²) < 4.78 is -0.665. The van der Waals surface area contributed by atoms with Gasteiger partial charge in [0.25, 0.3) is 0 Å². The Labute approximate surface area is 202 Å². The average Bonchev–Trinajstić information content (AvgIpc) is 2.75.